The fraction of sp³-hybridized carbons (Fsp3) is 0.360. The Labute approximate surface area is 198 Å². The molecule has 1 aliphatic rings. The normalized spacial score (nSPS) is 17.4. The van der Waals surface area contributed by atoms with Gasteiger partial charge in [0.25, 0.3) is 17.4 Å². The lowest BCUT2D eigenvalue weighted by Crippen LogP contribution is -2.38. The first-order chi connectivity index (χ1) is 16.3. The summed E-state index contributed by atoms with van der Waals surface area (Å²) in [5.41, 5.74) is 0.447. The van der Waals surface area contributed by atoms with Crippen LogP contribution in [-0.4, -0.2) is 64.3 Å². The van der Waals surface area contributed by atoms with Crippen molar-refractivity contribution in [3.8, 4) is 5.75 Å². The summed E-state index contributed by atoms with van der Waals surface area (Å²) in [5, 5.41) is 22.6. The minimum absolute atomic E-state index is 0.0984. The molecule has 1 atom stereocenters. The van der Waals surface area contributed by atoms with E-state index in [9.17, 15) is 24.8 Å². The van der Waals surface area contributed by atoms with E-state index in [-0.39, 0.29) is 23.6 Å². The third-order valence-corrected chi connectivity index (χ3v) is 5.91. The number of hydrogen-bond acceptors (Lipinski definition) is 7. The molecule has 3 rings (SSSR count). The van der Waals surface area contributed by atoms with Gasteiger partial charge in [0.1, 0.15) is 11.5 Å². The molecule has 0 spiro atoms. The fourth-order valence-electron chi connectivity index (χ4n) is 4.11. The number of nitro benzene ring substituents is 1. The van der Waals surface area contributed by atoms with Crippen molar-refractivity contribution >= 4 is 23.1 Å². The highest BCUT2D eigenvalue weighted by Gasteiger charge is 2.46. The predicted molar refractivity (Wildman–Crippen MR) is 128 cm³/mol. The number of rotatable bonds is 10. The van der Waals surface area contributed by atoms with E-state index in [4.69, 9.17) is 4.74 Å². The molecule has 0 saturated carbocycles. The number of ketones is 1. The lowest BCUT2D eigenvalue weighted by molar-refractivity contribution is -0.384. The Bertz CT molecular complexity index is 1110. The van der Waals surface area contributed by atoms with E-state index >= 15 is 0 Å². The molecule has 1 aliphatic heterocycles. The van der Waals surface area contributed by atoms with Gasteiger partial charge in [-0.05, 0) is 37.7 Å². The van der Waals surface area contributed by atoms with Crippen LogP contribution in [0.4, 0.5) is 5.69 Å². The van der Waals surface area contributed by atoms with Crippen molar-refractivity contribution in [2.24, 2.45) is 0 Å². The van der Waals surface area contributed by atoms with Gasteiger partial charge < -0.3 is 19.6 Å². The van der Waals surface area contributed by atoms with Crippen molar-refractivity contribution in [1.29, 1.82) is 0 Å². The predicted octanol–water partition coefficient (Wildman–Crippen LogP) is 3.76. The summed E-state index contributed by atoms with van der Waals surface area (Å²) < 4.78 is 5.50. The van der Waals surface area contributed by atoms with Gasteiger partial charge in [-0.2, -0.15) is 0 Å². The molecule has 1 unspecified atom stereocenters. The zero-order valence-corrected chi connectivity index (χ0v) is 19.6. The maximum atomic E-state index is 13.1. The summed E-state index contributed by atoms with van der Waals surface area (Å²) in [6, 6.07) is 11.5. The summed E-state index contributed by atoms with van der Waals surface area (Å²) in [5.74, 6) is -1.41. The number of likely N-dealkylation sites (tertiary alicyclic amines) is 1. The van der Waals surface area contributed by atoms with Crippen LogP contribution in [-0.2, 0) is 9.59 Å². The molecule has 9 heteroatoms. The Morgan fingerprint density at radius 1 is 1.12 bits per heavy atom. The molecule has 1 heterocycles. The number of aliphatic hydroxyl groups excluding tert-OH is 1. The topological polar surface area (TPSA) is 113 Å². The molecule has 2 aromatic rings. The van der Waals surface area contributed by atoms with E-state index in [1.54, 1.807) is 30.3 Å². The second-order valence-electron chi connectivity index (χ2n) is 7.83. The number of benzene rings is 2. The fourth-order valence-corrected chi connectivity index (χ4v) is 4.11. The Balaban J connectivity index is 2.14. The van der Waals surface area contributed by atoms with E-state index in [2.05, 4.69) is 4.90 Å². The zero-order chi connectivity index (χ0) is 24.8. The van der Waals surface area contributed by atoms with Gasteiger partial charge in [0.15, 0.2) is 0 Å². The molecule has 0 bridgehead atoms. The molecule has 0 radical (unpaired) electrons. The zero-order valence-electron chi connectivity index (χ0n) is 19.6. The molecular formula is C25H29N3O6. The van der Waals surface area contributed by atoms with Crippen LogP contribution in [0.3, 0.4) is 0 Å². The summed E-state index contributed by atoms with van der Waals surface area (Å²) in [4.78, 5) is 40.6. The van der Waals surface area contributed by atoms with Gasteiger partial charge in [-0.15, -0.1) is 0 Å². The lowest BCUT2D eigenvalue weighted by Gasteiger charge is -2.28. The standard InChI is InChI=1S/C25H29N3O6/c1-4-26(5-2)13-14-27-22(17-9-7-11-19(15-17)28(32)33)21(24(30)25(27)31)23(29)18-10-8-12-20(16-18)34-6-3/h7-12,15-16,22,29H,4-6,13-14H2,1-3H3/b23-21+. The highest BCUT2D eigenvalue weighted by atomic mass is 16.6. The minimum atomic E-state index is -0.953. The van der Waals surface area contributed by atoms with Gasteiger partial charge in [-0.1, -0.05) is 38.1 Å². The lowest BCUT2D eigenvalue weighted by atomic mass is 9.95. The van der Waals surface area contributed by atoms with Crippen LogP contribution in [0.1, 0.15) is 37.9 Å². The van der Waals surface area contributed by atoms with Crippen LogP contribution >= 0.6 is 0 Å². The van der Waals surface area contributed by atoms with Crippen molar-refractivity contribution in [3.63, 3.8) is 0 Å². The van der Waals surface area contributed by atoms with E-state index in [1.807, 2.05) is 20.8 Å². The molecule has 1 saturated heterocycles. The van der Waals surface area contributed by atoms with Crippen molar-refractivity contribution in [3.05, 3.63) is 75.3 Å². The largest absolute Gasteiger partial charge is 0.507 e. The second kappa shape index (κ2) is 10.9. The molecule has 1 amide bonds. The maximum Gasteiger partial charge on any atom is 0.295 e. The van der Waals surface area contributed by atoms with Crippen molar-refractivity contribution in [2.75, 3.05) is 32.8 Å². The number of carbonyl (C=O) groups is 2. The van der Waals surface area contributed by atoms with Crippen LogP contribution in [0.15, 0.2) is 54.1 Å². The van der Waals surface area contributed by atoms with E-state index in [0.717, 1.165) is 13.1 Å². The number of ether oxygens (including phenoxy) is 1. The highest BCUT2D eigenvalue weighted by molar-refractivity contribution is 6.46. The third-order valence-electron chi connectivity index (χ3n) is 5.91. The van der Waals surface area contributed by atoms with Crippen molar-refractivity contribution in [1.82, 2.24) is 9.80 Å². The summed E-state index contributed by atoms with van der Waals surface area (Å²) in [6.45, 7) is 8.55. The van der Waals surface area contributed by atoms with Crippen molar-refractivity contribution in [2.45, 2.75) is 26.8 Å². The molecule has 1 N–H and O–H groups in total. The number of hydrogen-bond donors (Lipinski definition) is 1. The molecule has 0 aromatic heterocycles. The average molecular weight is 468 g/mol. The quantitative estimate of drug-likeness (QED) is 0.186. The second-order valence-corrected chi connectivity index (χ2v) is 7.83. The number of carbonyl (C=O) groups excluding carboxylic acids is 2. The van der Waals surface area contributed by atoms with E-state index < -0.39 is 22.7 Å². The van der Waals surface area contributed by atoms with E-state index in [0.29, 0.717) is 30.0 Å². The molecule has 180 valence electrons. The number of nitro groups is 1. The van der Waals surface area contributed by atoms with Crippen LogP contribution < -0.4 is 4.74 Å². The molecule has 2 aromatic carbocycles. The van der Waals surface area contributed by atoms with Gasteiger partial charge >= 0.3 is 0 Å². The Morgan fingerprint density at radius 3 is 2.47 bits per heavy atom. The summed E-state index contributed by atoms with van der Waals surface area (Å²) in [6.07, 6.45) is 0. The number of nitrogens with zero attached hydrogens (tertiary/aromatic N) is 3. The van der Waals surface area contributed by atoms with Crippen LogP contribution in [0.2, 0.25) is 0 Å². The van der Waals surface area contributed by atoms with Gasteiger partial charge in [0, 0.05) is 30.8 Å². The number of Topliss-reactive ketones (excluding diaryl/α,β-unsaturated/α-hetero) is 1. The Morgan fingerprint density at radius 2 is 1.82 bits per heavy atom. The first-order valence-electron chi connectivity index (χ1n) is 11.3. The van der Waals surface area contributed by atoms with Gasteiger partial charge in [0.2, 0.25) is 0 Å². The maximum absolute atomic E-state index is 13.1. The van der Waals surface area contributed by atoms with Gasteiger partial charge in [0.05, 0.1) is 23.1 Å². The van der Waals surface area contributed by atoms with E-state index in [1.165, 1.54) is 23.1 Å². The number of non-ortho nitro benzene ring substituents is 1. The Hall–Kier alpha value is -3.72. The molecular weight excluding hydrogens is 438 g/mol. The monoisotopic (exact) mass is 467 g/mol. The van der Waals surface area contributed by atoms with Gasteiger partial charge in [-0.3, -0.25) is 19.7 Å². The molecule has 0 aliphatic carbocycles. The first kappa shape index (κ1) is 24.9. The Kier molecular flexibility index (Phi) is 8.01. The van der Waals surface area contributed by atoms with Gasteiger partial charge in [-0.25, -0.2) is 0 Å². The SMILES string of the molecule is CCOc1cccc(/C(O)=C2\C(=O)C(=O)N(CCN(CC)CC)C2c2cccc([N+](=O)[O-])c2)c1. The molecule has 1 fully saturated rings. The molecule has 9 nitrogen and oxygen atoms in total. The number of amides is 1. The van der Waals surface area contributed by atoms with Crippen LogP contribution in [0.25, 0.3) is 5.76 Å². The summed E-state index contributed by atoms with van der Waals surface area (Å²) >= 11 is 0. The van der Waals surface area contributed by atoms with Crippen LogP contribution in [0, 0.1) is 10.1 Å². The van der Waals surface area contributed by atoms with Crippen molar-refractivity contribution < 1.29 is 24.4 Å². The highest BCUT2D eigenvalue weighted by Crippen LogP contribution is 2.40. The third kappa shape index (κ3) is 5.09. The number of likely N-dealkylation sites (N-methyl/N-ethyl adjacent to an activating group) is 1. The summed E-state index contributed by atoms with van der Waals surface area (Å²) in [7, 11) is 0. The average Bonchev–Trinajstić information content (AvgIpc) is 3.09. The first-order valence-corrected chi connectivity index (χ1v) is 11.3. The van der Waals surface area contributed by atoms with Crippen LogP contribution in [0.5, 0.6) is 5.75 Å². The smallest absolute Gasteiger partial charge is 0.295 e. The number of aliphatic hydroxyl groups is 1. The molecule has 34 heavy (non-hydrogen) atoms. The minimum Gasteiger partial charge on any atom is -0.507 e.